The van der Waals surface area contributed by atoms with E-state index >= 15 is 0 Å². The maximum Gasteiger partial charge on any atom is 0.247 e. The monoisotopic (exact) mass is 286 g/mol. The van der Waals surface area contributed by atoms with Crippen molar-refractivity contribution < 1.29 is 4.42 Å². The molecule has 2 heterocycles. The molecule has 1 atom stereocenters. The van der Waals surface area contributed by atoms with Gasteiger partial charge in [0.25, 0.3) is 0 Å². The van der Waals surface area contributed by atoms with Crippen molar-refractivity contribution >= 4 is 5.69 Å². The van der Waals surface area contributed by atoms with Crippen LogP contribution in [-0.4, -0.2) is 41.3 Å². The molecule has 21 heavy (non-hydrogen) atoms. The summed E-state index contributed by atoms with van der Waals surface area (Å²) in [4.78, 5) is 2.46. The molecule has 5 heteroatoms. The number of aryl methyl sites for hydroxylation is 1. The Morgan fingerprint density at radius 1 is 1.38 bits per heavy atom. The minimum Gasteiger partial charge on any atom is -0.423 e. The van der Waals surface area contributed by atoms with Gasteiger partial charge in [0.2, 0.25) is 12.3 Å². The average molecular weight is 286 g/mol. The summed E-state index contributed by atoms with van der Waals surface area (Å²) in [6.45, 7) is 4.31. The highest BCUT2D eigenvalue weighted by atomic mass is 16.4. The van der Waals surface area contributed by atoms with E-state index in [1.807, 2.05) is 6.07 Å². The average Bonchev–Trinajstić information content (AvgIpc) is 3.02. The molecule has 0 saturated carbocycles. The molecule has 1 N–H and O–H groups in total. The third-order valence-corrected chi connectivity index (χ3v) is 4.28. The Morgan fingerprint density at radius 2 is 2.29 bits per heavy atom. The van der Waals surface area contributed by atoms with Crippen molar-refractivity contribution in [2.45, 2.75) is 32.2 Å². The smallest absolute Gasteiger partial charge is 0.247 e. The molecule has 2 aromatic rings. The highest BCUT2D eigenvalue weighted by Gasteiger charge is 2.18. The normalized spacial score (nSPS) is 19.6. The van der Waals surface area contributed by atoms with Gasteiger partial charge in [0.15, 0.2) is 0 Å². The molecule has 0 radical (unpaired) electrons. The van der Waals surface area contributed by atoms with Crippen molar-refractivity contribution in [3.05, 3.63) is 30.2 Å². The topological polar surface area (TPSA) is 54.2 Å². The van der Waals surface area contributed by atoms with Gasteiger partial charge in [-0.3, -0.25) is 0 Å². The largest absolute Gasteiger partial charge is 0.423 e. The first-order chi connectivity index (χ1) is 10.2. The zero-order valence-corrected chi connectivity index (χ0v) is 12.7. The van der Waals surface area contributed by atoms with Crippen LogP contribution in [0, 0.1) is 6.92 Å². The lowest BCUT2D eigenvalue weighted by Gasteiger charge is -2.32. The van der Waals surface area contributed by atoms with Crippen molar-refractivity contribution in [1.82, 2.24) is 15.1 Å². The highest BCUT2D eigenvalue weighted by Crippen LogP contribution is 2.24. The van der Waals surface area contributed by atoms with Crippen LogP contribution in [0.2, 0.25) is 0 Å². The van der Waals surface area contributed by atoms with Crippen LogP contribution in [-0.2, 0) is 0 Å². The number of nitrogens with one attached hydrogen (secondary N) is 1. The molecule has 3 rings (SSSR count). The van der Waals surface area contributed by atoms with Crippen LogP contribution >= 0.6 is 0 Å². The summed E-state index contributed by atoms with van der Waals surface area (Å²) in [5.74, 6) is 0.566. The number of likely N-dealkylation sites (N-methyl/N-ethyl adjacent to an activating group) is 1. The lowest BCUT2D eigenvalue weighted by molar-refractivity contribution is 0.194. The molecule has 0 aliphatic carbocycles. The Morgan fingerprint density at radius 3 is 3.00 bits per heavy atom. The fraction of sp³-hybridized carbons (Fsp3) is 0.500. The van der Waals surface area contributed by atoms with Crippen LogP contribution < -0.4 is 5.32 Å². The van der Waals surface area contributed by atoms with Crippen molar-refractivity contribution in [3.63, 3.8) is 0 Å². The quantitative estimate of drug-likeness (QED) is 0.936. The first-order valence-electron chi connectivity index (χ1n) is 7.55. The van der Waals surface area contributed by atoms with Gasteiger partial charge in [0, 0.05) is 23.8 Å². The summed E-state index contributed by atoms with van der Waals surface area (Å²) in [5.41, 5.74) is 3.34. The van der Waals surface area contributed by atoms with Gasteiger partial charge in [0.1, 0.15) is 0 Å². The molecule has 1 fully saturated rings. The number of nitrogens with zero attached hydrogens (tertiary/aromatic N) is 3. The zero-order valence-electron chi connectivity index (χ0n) is 12.7. The lowest BCUT2D eigenvalue weighted by atomic mass is 10.0. The molecule has 0 amide bonds. The first kappa shape index (κ1) is 14.1. The third-order valence-electron chi connectivity index (χ3n) is 4.28. The zero-order chi connectivity index (χ0) is 14.7. The molecule has 1 aliphatic rings. The van der Waals surface area contributed by atoms with Crippen LogP contribution in [0.4, 0.5) is 5.69 Å². The second-order valence-corrected chi connectivity index (χ2v) is 5.78. The van der Waals surface area contributed by atoms with Crippen LogP contribution in [0.25, 0.3) is 11.5 Å². The standard InChI is InChI=1S/C16H22N4O/c1-12-9-13(16-19-18-11-21-16)6-7-15(12)17-10-14-5-3-4-8-20(14)2/h6-7,9,11,14,17H,3-5,8,10H2,1-2H3. The summed E-state index contributed by atoms with van der Waals surface area (Å²) in [6, 6.07) is 6.83. The van der Waals surface area contributed by atoms with Gasteiger partial charge in [0.05, 0.1) is 0 Å². The maximum absolute atomic E-state index is 5.23. The summed E-state index contributed by atoms with van der Waals surface area (Å²) < 4.78 is 5.23. The fourth-order valence-corrected chi connectivity index (χ4v) is 2.92. The number of hydrogen-bond acceptors (Lipinski definition) is 5. The van der Waals surface area contributed by atoms with Crippen LogP contribution in [0.3, 0.4) is 0 Å². The van der Waals surface area contributed by atoms with Gasteiger partial charge < -0.3 is 14.6 Å². The Hall–Kier alpha value is -1.88. The van der Waals surface area contributed by atoms with Gasteiger partial charge in [-0.1, -0.05) is 6.42 Å². The number of rotatable bonds is 4. The number of aromatic nitrogens is 2. The molecule has 1 saturated heterocycles. The number of anilines is 1. The fourth-order valence-electron chi connectivity index (χ4n) is 2.92. The van der Waals surface area contributed by atoms with E-state index in [2.05, 4.69) is 46.5 Å². The molecule has 1 aromatic heterocycles. The van der Waals surface area contributed by atoms with Gasteiger partial charge in [-0.2, -0.15) is 0 Å². The van der Waals surface area contributed by atoms with Gasteiger partial charge in [-0.15, -0.1) is 10.2 Å². The molecule has 1 unspecified atom stereocenters. The second-order valence-electron chi connectivity index (χ2n) is 5.78. The van der Waals surface area contributed by atoms with E-state index in [0.717, 1.165) is 12.1 Å². The van der Waals surface area contributed by atoms with E-state index in [-0.39, 0.29) is 0 Å². The Bertz CT molecular complexity index is 582. The van der Waals surface area contributed by atoms with E-state index in [1.165, 1.54) is 43.5 Å². The summed E-state index contributed by atoms with van der Waals surface area (Å²) in [6.07, 6.45) is 5.30. The third kappa shape index (κ3) is 3.24. The second kappa shape index (κ2) is 6.26. The molecule has 0 bridgehead atoms. The minimum absolute atomic E-state index is 0.566. The van der Waals surface area contributed by atoms with Gasteiger partial charge in [-0.25, -0.2) is 0 Å². The molecule has 0 spiro atoms. The molecule has 1 aromatic carbocycles. The number of benzene rings is 1. The first-order valence-corrected chi connectivity index (χ1v) is 7.55. The molecule has 5 nitrogen and oxygen atoms in total. The van der Waals surface area contributed by atoms with E-state index in [9.17, 15) is 0 Å². The Labute approximate surface area is 125 Å². The van der Waals surface area contributed by atoms with Crippen molar-refractivity contribution in [2.24, 2.45) is 0 Å². The van der Waals surface area contributed by atoms with Gasteiger partial charge in [-0.05, 0) is 57.1 Å². The molecule has 112 valence electrons. The summed E-state index contributed by atoms with van der Waals surface area (Å²) >= 11 is 0. The van der Waals surface area contributed by atoms with Crippen molar-refractivity contribution in [2.75, 3.05) is 25.5 Å². The number of hydrogen-bond donors (Lipinski definition) is 1. The Balaban J connectivity index is 1.66. The molecule has 1 aliphatic heterocycles. The lowest BCUT2D eigenvalue weighted by Crippen LogP contribution is -2.40. The van der Waals surface area contributed by atoms with Crippen LogP contribution in [0.5, 0.6) is 0 Å². The summed E-state index contributed by atoms with van der Waals surface area (Å²) in [7, 11) is 2.22. The van der Waals surface area contributed by atoms with Gasteiger partial charge >= 0.3 is 0 Å². The van der Waals surface area contributed by atoms with E-state index in [0.29, 0.717) is 11.9 Å². The Kier molecular flexibility index (Phi) is 4.20. The predicted octanol–water partition coefficient (Wildman–Crippen LogP) is 2.94. The van der Waals surface area contributed by atoms with E-state index in [1.54, 1.807) is 0 Å². The molecular formula is C16H22N4O. The van der Waals surface area contributed by atoms with Crippen LogP contribution in [0.15, 0.2) is 29.0 Å². The predicted molar refractivity (Wildman–Crippen MR) is 83.2 cm³/mol. The van der Waals surface area contributed by atoms with Crippen molar-refractivity contribution in [3.8, 4) is 11.5 Å². The highest BCUT2D eigenvalue weighted by molar-refractivity contribution is 5.62. The SMILES string of the molecule is Cc1cc(-c2nnco2)ccc1NCC1CCCCN1C. The van der Waals surface area contributed by atoms with Crippen molar-refractivity contribution in [1.29, 1.82) is 0 Å². The minimum atomic E-state index is 0.566. The maximum atomic E-state index is 5.23. The van der Waals surface area contributed by atoms with Crippen LogP contribution in [0.1, 0.15) is 24.8 Å². The number of likely N-dealkylation sites (tertiary alicyclic amines) is 1. The van der Waals surface area contributed by atoms with E-state index in [4.69, 9.17) is 4.42 Å². The summed E-state index contributed by atoms with van der Waals surface area (Å²) in [5, 5.41) is 11.2. The van der Waals surface area contributed by atoms with E-state index < -0.39 is 0 Å². The molecular weight excluding hydrogens is 264 g/mol. The number of piperidine rings is 1.